The standard InChI is InChI=1S/C16H23N3O3/c1-17-19-15(20)13-7-9-14(10-8-13)18-16(21)22-11-12-5-3-2-4-6-12/h2-6,13-14,17H,7-11H2,1H3,(H,18,21)(H,19,20). The lowest BCUT2D eigenvalue weighted by molar-refractivity contribution is -0.126. The van der Waals surface area contributed by atoms with E-state index in [1.807, 2.05) is 30.3 Å². The molecular weight excluding hydrogens is 282 g/mol. The molecule has 0 heterocycles. The number of nitrogens with one attached hydrogen (secondary N) is 3. The average molecular weight is 305 g/mol. The molecule has 1 fully saturated rings. The fourth-order valence-corrected chi connectivity index (χ4v) is 2.66. The number of hydrogen-bond acceptors (Lipinski definition) is 4. The van der Waals surface area contributed by atoms with E-state index in [9.17, 15) is 9.59 Å². The lowest BCUT2D eigenvalue weighted by Gasteiger charge is -2.27. The van der Waals surface area contributed by atoms with Gasteiger partial charge in [-0.3, -0.25) is 10.2 Å². The summed E-state index contributed by atoms with van der Waals surface area (Å²) < 4.78 is 5.20. The summed E-state index contributed by atoms with van der Waals surface area (Å²) >= 11 is 0. The van der Waals surface area contributed by atoms with Gasteiger partial charge >= 0.3 is 6.09 Å². The SMILES string of the molecule is CNNC(=O)C1CCC(NC(=O)OCc2ccccc2)CC1. The highest BCUT2D eigenvalue weighted by molar-refractivity contribution is 5.78. The second-order valence-electron chi connectivity index (χ2n) is 5.49. The molecule has 6 heteroatoms. The van der Waals surface area contributed by atoms with Crippen LogP contribution in [0.3, 0.4) is 0 Å². The van der Waals surface area contributed by atoms with Crippen molar-refractivity contribution in [3.63, 3.8) is 0 Å². The van der Waals surface area contributed by atoms with E-state index in [1.165, 1.54) is 0 Å². The van der Waals surface area contributed by atoms with Crippen LogP contribution < -0.4 is 16.2 Å². The number of carbonyl (C=O) groups excluding carboxylic acids is 2. The molecule has 1 aliphatic carbocycles. The third-order valence-electron chi connectivity index (χ3n) is 3.88. The molecule has 0 unspecified atom stereocenters. The van der Waals surface area contributed by atoms with Gasteiger partial charge in [0.25, 0.3) is 0 Å². The molecule has 0 spiro atoms. The zero-order valence-electron chi connectivity index (χ0n) is 12.8. The minimum Gasteiger partial charge on any atom is -0.445 e. The Bertz CT molecular complexity index is 485. The van der Waals surface area contributed by atoms with Crippen LogP contribution in [0.1, 0.15) is 31.2 Å². The van der Waals surface area contributed by atoms with Gasteiger partial charge in [0.1, 0.15) is 6.61 Å². The molecular formula is C16H23N3O3. The Kier molecular flexibility index (Phi) is 6.21. The zero-order chi connectivity index (χ0) is 15.8. The number of hydrazine groups is 1. The van der Waals surface area contributed by atoms with E-state index < -0.39 is 6.09 Å². The third kappa shape index (κ3) is 5.04. The normalized spacial score (nSPS) is 21.0. The van der Waals surface area contributed by atoms with Crippen molar-refractivity contribution >= 4 is 12.0 Å². The van der Waals surface area contributed by atoms with Gasteiger partial charge in [-0.05, 0) is 31.2 Å². The molecule has 1 aromatic rings. The topological polar surface area (TPSA) is 79.5 Å². The molecule has 0 bridgehead atoms. The summed E-state index contributed by atoms with van der Waals surface area (Å²) in [6.07, 6.45) is 2.74. The quantitative estimate of drug-likeness (QED) is 0.724. The van der Waals surface area contributed by atoms with Gasteiger partial charge in [0, 0.05) is 19.0 Å². The maximum atomic E-state index is 11.8. The van der Waals surface area contributed by atoms with Crippen LogP contribution in [0.25, 0.3) is 0 Å². The molecule has 1 aromatic carbocycles. The molecule has 3 N–H and O–H groups in total. The smallest absolute Gasteiger partial charge is 0.407 e. The van der Waals surface area contributed by atoms with Crippen molar-refractivity contribution < 1.29 is 14.3 Å². The maximum absolute atomic E-state index is 11.8. The van der Waals surface area contributed by atoms with Crippen molar-refractivity contribution in [1.82, 2.24) is 16.2 Å². The number of rotatable bonds is 5. The van der Waals surface area contributed by atoms with Gasteiger partial charge in [-0.2, -0.15) is 0 Å². The van der Waals surface area contributed by atoms with Crippen LogP contribution in [-0.2, 0) is 16.1 Å². The number of alkyl carbamates (subject to hydrolysis) is 1. The summed E-state index contributed by atoms with van der Waals surface area (Å²) in [4.78, 5) is 23.5. The average Bonchev–Trinajstić information content (AvgIpc) is 2.55. The molecule has 6 nitrogen and oxygen atoms in total. The molecule has 0 aromatic heterocycles. The molecule has 22 heavy (non-hydrogen) atoms. The Morgan fingerprint density at radius 2 is 1.82 bits per heavy atom. The first-order valence-electron chi connectivity index (χ1n) is 7.63. The highest BCUT2D eigenvalue weighted by Gasteiger charge is 2.27. The molecule has 2 rings (SSSR count). The summed E-state index contributed by atoms with van der Waals surface area (Å²) in [7, 11) is 1.67. The minimum absolute atomic E-state index is 0.0193. The first-order chi connectivity index (χ1) is 10.7. The molecule has 0 radical (unpaired) electrons. The Labute approximate surface area is 130 Å². The second-order valence-corrected chi connectivity index (χ2v) is 5.49. The summed E-state index contributed by atoms with van der Waals surface area (Å²) in [5.74, 6) is 0.0402. The van der Waals surface area contributed by atoms with E-state index in [-0.39, 0.29) is 24.5 Å². The number of amides is 2. The highest BCUT2D eigenvalue weighted by Crippen LogP contribution is 2.24. The van der Waals surface area contributed by atoms with Crippen molar-refractivity contribution in [2.24, 2.45) is 5.92 Å². The monoisotopic (exact) mass is 305 g/mol. The van der Waals surface area contributed by atoms with Crippen LogP contribution in [0.5, 0.6) is 0 Å². The zero-order valence-corrected chi connectivity index (χ0v) is 12.8. The number of benzene rings is 1. The van der Waals surface area contributed by atoms with Crippen LogP contribution in [-0.4, -0.2) is 25.1 Å². The minimum atomic E-state index is -0.396. The molecule has 0 atom stereocenters. The van der Waals surface area contributed by atoms with E-state index >= 15 is 0 Å². The van der Waals surface area contributed by atoms with Gasteiger partial charge in [-0.25, -0.2) is 10.2 Å². The van der Waals surface area contributed by atoms with Gasteiger partial charge in [-0.15, -0.1) is 0 Å². The van der Waals surface area contributed by atoms with Crippen LogP contribution >= 0.6 is 0 Å². The van der Waals surface area contributed by atoms with Crippen LogP contribution in [0.2, 0.25) is 0 Å². The Hall–Kier alpha value is -2.08. The largest absolute Gasteiger partial charge is 0.445 e. The van der Waals surface area contributed by atoms with Gasteiger partial charge < -0.3 is 10.1 Å². The molecule has 120 valence electrons. The Morgan fingerprint density at radius 3 is 2.45 bits per heavy atom. The van der Waals surface area contributed by atoms with Crippen LogP contribution in [0, 0.1) is 5.92 Å². The number of ether oxygens (including phenoxy) is 1. The van der Waals surface area contributed by atoms with Gasteiger partial charge in [0.05, 0.1) is 0 Å². The van der Waals surface area contributed by atoms with Gasteiger partial charge in [0.2, 0.25) is 5.91 Å². The Morgan fingerprint density at radius 1 is 1.14 bits per heavy atom. The Balaban J connectivity index is 1.67. The molecule has 1 aliphatic rings. The van der Waals surface area contributed by atoms with E-state index in [2.05, 4.69) is 16.2 Å². The summed E-state index contributed by atoms with van der Waals surface area (Å²) in [5.41, 5.74) is 6.22. The lowest BCUT2D eigenvalue weighted by atomic mass is 9.85. The summed E-state index contributed by atoms with van der Waals surface area (Å²) in [6, 6.07) is 9.66. The first-order valence-corrected chi connectivity index (χ1v) is 7.63. The maximum Gasteiger partial charge on any atom is 0.407 e. The highest BCUT2D eigenvalue weighted by atomic mass is 16.5. The van der Waals surface area contributed by atoms with E-state index in [1.54, 1.807) is 7.05 Å². The van der Waals surface area contributed by atoms with Gasteiger partial charge in [-0.1, -0.05) is 30.3 Å². The fraction of sp³-hybridized carbons (Fsp3) is 0.500. The van der Waals surface area contributed by atoms with Gasteiger partial charge in [0.15, 0.2) is 0 Å². The summed E-state index contributed by atoms with van der Waals surface area (Å²) in [6.45, 7) is 0.270. The van der Waals surface area contributed by atoms with Crippen molar-refractivity contribution in [3.8, 4) is 0 Å². The van der Waals surface area contributed by atoms with Crippen molar-refractivity contribution in [2.45, 2.75) is 38.3 Å². The number of carbonyl (C=O) groups is 2. The van der Waals surface area contributed by atoms with Crippen LogP contribution in [0.15, 0.2) is 30.3 Å². The molecule has 2 amide bonds. The first kappa shape index (κ1) is 16.3. The predicted octanol–water partition coefficient (Wildman–Crippen LogP) is 1.72. The van der Waals surface area contributed by atoms with Crippen molar-refractivity contribution in [2.75, 3.05) is 7.05 Å². The number of hydrogen-bond donors (Lipinski definition) is 3. The third-order valence-corrected chi connectivity index (χ3v) is 3.88. The molecule has 0 saturated heterocycles. The van der Waals surface area contributed by atoms with E-state index in [4.69, 9.17) is 4.74 Å². The van der Waals surface area contributed by atoms with Crippen molar-refractivity contribution in [3.05, 3.63) is 35.9 Å². The second kappa shape index (κ2) is 8.38. The van der Waals surface area contributed by atoms with E-state index in [0.717, 1.165) is 31.2 Å². The molecule has 0 aliphatic heterocycles. The predicted molar refractivity (Wildman–Crippen MR) is 82.7 cm³/mol. The fourth-order valence-electron chi connectivity index (χ4n) is 2.66. The van der Waals surface area contributed by atoms with E-state index in [0.29, 0.717) is 0 Å². The summed E-state index contributed by atoms with van der Waals surface area (Å²) in [5, 5.41) is 2.87. The van der Waals surface area contributed by atoms with Crippen LogP contribution in [0.4, 0.5) is 4.79 Å². The molecule has 1 saturated carbocycles. The lowest BCUT2D eigenvalue weighted by Crippen LogP contribution is -2.43. The van der Waals surface area contributed by atoms with Crippen molar-refractivity contribution in [1.29, 1.82) is 0 Å².